The van der Waals surface area contributed by atoms with Gasteiger partial charge in [0.05, 0.1) is 25.3 Å². The van der Waals surface area contributed by atoms with Gasteiger partial charge in [0.2, 0.25) is 11.8 Å². The van der Waals surface area contributed by atoms with Crippen LogP contribution in [0, 0.1) is 11.8 Å². The Hall–Kier alpha value is -4.74. The molecule has 0 aliphatic heterocycles. The predicted molar refractivity (Wildman–Crippen MR) is 162 cm³/mol. The van der Waals surface area contributed by atoms with E-state index < -0.39 is 0 Å². The maximum atomic E-state index is 13.1. The zero-order chi connectivity index (χ0) is 31.4. The molecule has 0 fully saturated rings. The van der Waals surface area contributed by atoms with E-state index in [1.165, 1.54) is 14.3 Å². The molecule has 1 N–H and O–H groups in total. The minimum absolute atomic E-state index is 0.0900. The van der Waals surface area contributed by atoms with Crippen molar-refractivity contribution in [2.45, 2.75) is 40.8 Å². The van der Waals surface area contributed by atoms with E-state index in [0.717, 1.165) is 0 Å². The summed E-state index contributed by atoms with van der Waals surface area (Å²) in [6.07, 6.45) is 0. The number of likely N-dealkylation sites (N-methyl/N-ethyl adjacent to an activating group) is 1. The number of benzene rings is 2. The summed E-state index contributed by atoms with van der Waals surface area (Å²) in [5.41, 5.74) is 1.87. The van der Waals surface area contributed by atoms with Gasteiger partial charge in [-0.1, -0.05) is 27.7 Å². The number of Topliss-reactive ketones (excluding diaryl/α,β-unsaturated/α-hetero) is 2. The van der Waals surface area contributed by atoms with Crippen molar-refractivity contribution in [3.05, 3.63) is 47.8 Å². The number of rotatable bonds is 13. The highest BCUT2D eigenvalue weighted by Crippen LogP contribution is 2.27. The number of carbonyl (C=O) groups excluding carboxylic acids is 4. The Kier molecular flexibility index (Phi) is 9.47. The molecule has 0 atom stereocenters. The van der Waals surface area contributed by atoms with Crippen LogP contribution in [0.3, 0.4) is 0 Å². The minimum Gasteiger partial charge on any atom is -0.497 e. The van der Waals surface area contributed by atoms with Gasteiger partial charge in [-0.15, -0.1) is 0 Å². The van der Waals surface area contributed by atoms with Gasteiger partial charge >= 0.3 is 0 Å². The number of hydrogen-bond donors (Lipinski definition) is 1. The van der Waals surface area contributed by atoms with Crippen molar-refractivity contribution in [3.8, 4) is 11.5 Å². The smallest absolute Gasteiger partial charge is 0.244 e. The largest absolute Gasteiger partial charge is 0.497 e. The Balaban J connectivity index is 1.41. The normalized spacial score (nSPS) is 11.4. The summed E-state index contributed by atoms with van der Waals surface area (Å²) in [6, 6.07) is 10.6. The van der Waals surface area contributed by atoms with Gasteiger partial charge in [0.15, 0.2) is 11.6 Å². The molecule has 2 heterocycles. The number of ketones is 2. The lowest BCUT2D eigenvalue weighted by molar-refractivity contribution is -0.131. The van der Waals surface area contributed by atoms with Gasteiger partial charge in [0.1, 0.15) is 36.0 Å². The molecule has 0 spiro atoms. The molecule has 228 valence electrons. The van der Waals surface area contributed by atoms with Crippen LogP contribution in [-0.2, 0) is 22.7 Å². The van der Waals surface area contributed by atoms with E-state index >= 15 is 0 Å². The van der Waals surface area contributed by atoms with Crippen LogP contribution < -0.4 is 14.8 Å². The number of aromatic nitrogens is 4. The molecule has 2 aromatic heterocycles. The van der Waals surface area contributed by atoms with Crippen LogP contribution in [-0.4, -0.2) is 82.2 Å². The van der Waals surface area contributed by atoms with Crippen LogP contribution in [0.25, 0.3) is 21.8 Å². The van der Waals surface area contributed by atoms with Crippen molar-refractivity contribution in [3.63, 3.8) is 0 Å². The maximum Gasteiger partial charge on any atom is 0.244 e. The standard InChI is InChI=1S/C31H38N6O6/c1-18(2)30(40)28-22-10-8-20(42-6)14-24(22)36(33-28)16-26(38)32-12-13-35(5)27(39)17-37-25-15-21(43-7)9-11-23(25)29(34-37)31(41)19(3)4/h8-11,14-15,18-19H,12-13,16-17H2,1-7H3,(H,32,38). The molecule has 0 aliphatic rings. The SMILES string of the molecule is COc1ccc2c(C(=O)C(C)C)nn(CC(=O)NCCN(C)C(=O)Cn3nc(C(=O)C(C)C)c4ccc(OC)cc43)c2c1. The van der Waals surface area contributed by atoms with E-state index in [9.17, 15) is 19.2 Å². The van der Waals surface area contributed by atoms with Gasteiger partial charge < -0.3 is 19.7 Å². The fourth-order valence-corrected chi connectivity index (χ4v) is 4.64. The predicted octanol–water partition coefficient (Wildman–Crippen LogP) is 3.36. The summed E-state index contributed by atoms with van der Waals surface area (Å²) in [5.74, 6) is -0.114. The van der Waals surface area contributed by atoms with Crippen molar-refractivity contribution < 1.29 is 28.7 Å². The molecule has 4 aromatic rings. The molecule has 43 heavy (non-hydrogen) atoms. The van der Waals surface area contributed by atoms with Crippen molar-refractivity contribution in [2.75, 3.05) is 34.4 Å². The van der Waals surface area contributed by atoms with E-state index in [1.807, 2.05) is 0 Å². The topological polar surface area (TPSA) is 138 Å². The highest BCUT2D eigenvalue weighted by molar-refractivity contribution is 6.08. The second-order valence-electron chi connectivity index (χ2n) is 11.0. The Labute approximate surface area is 249 Å². The lowest BCUT2D eigenvalue weighted by Gasteiger charge is -2.18. The molecule has 0 aliphatic carbocycles. The maximum absolute atomic E-state index is 13.1. The Morgan fingerprint density at radius 1 is 0.791 bits per heavy atom. The van der Waals surface area contributed by atoms with Crippen molar-refractivity contribution >= 4 is 45.2 Å². The average Bonchev–Trinajstić information content (AvgIpc) is 3.53. The molecule has 0 saturated heterocycles. The molecule has 12 nitrogen and oxygen atoms in total. The highest BCUT2D eigenvalue weighted by atomic mass is 16.5. The minimum atomic E-state index is -0.321. The lowest BCUT2D eigenvalue weighted by Crippen LogP contribution is -2.38. The molecule has 0 radical (unpaired) electrons. The van der Waals surface area contributed by atoms with Crippen LogP contribution in [0.4, 0.5) is 0 Å². The third kappa shape index (κ3) is 6.68. The fraction of sp³-hybridized carbons (Fsp3) is 0.419. The number of amides is 2. The first-order valence-electron chi connectivity index (χ1n) is 14.1. The number of fused-ring (bicyclic) bond motifs is 2. The second-order valence-corrected chi connectivity index (χ2v) is 11.0. The molecule has 2 aromatic carbocycles. The van der Waals surface area contributed by atoms with Gasteiger partial charge in [-0.05, 0) is 24.3 Å². The molecular weight excluding hydrogens is 552 g/mol. The number of nitrogens with zero attached hydrogens (tertiary/aromatic N) is 5. The molecule has 0 unspecified atom stereocenters. The number of hydrogen-bond acceptors (Lipinski definition) is 8. The molecule has 12 heteroatoms. The second kappa shape index (κ2) is 13.1. The van der Waals surface area contributed by atoms with E-state index in [0.29, 0.717) is 44.7 Å². The Morgan fingerprint density at radius 3 is 1.70 bits per heavy atom. The van der Waals surface area contributed by atoms with Gasteiger partial charge in [-0.3, -0.25) is 28.5 Å². The summed E-state index contributed by atoms with van der Waals surface area (Å²) in [4.78, 5) is 53.0. The van der Waals surface area contributed by atoms with E-state index in [2.05, 4.69) is 15.5 Å². The zero-order valence-electron chi connectivity index (χ0n) is 25.6. The number of methoxy groups -OCH3 is 2. The average molecular weight is 591 g/mol. The number of carbonyl (C=O) groups is 4. The third-order valence-corrected chi connectivity index (χ3v) is 7.21. The van der Waals surface area contributed by atoms with Crippen LogP contribution >= 0.6 is 0 Å². The van der Waals surface area contributed by atoms with Gasteiger partial charge in [-0.2, -0.15) is 10.2 Å². The van der Waals surface area contributed by atoms with Crippen molar-refractivity contribution in [1.82, 2.24) is 29.8 Å². The first kappa shape index (κ1) is 31.2. The van der Waals surface area contributed by atoms with Crippen LogP contribution in [0.2, 0.25) is 0 Å². The summed E-state index contributed by atoms with van der Waals surface area (Å²) < 4.78 is 13.7. The Bertz CT molecular complexity index is 1690. The summed E-state index contributed by atoms with van der Waals surface area (Å²) in [5, 5.41) is 13.1. The molecule has 2 amide bonds. The van der Waals surface area contributed by atoms with Crippen molar-refractivity contribution in [2.24, 2.45) is 11.8 Å². The molecule has 0 saturated carbocycles. The van der Waals surface area contributed by atoms with Crippen LogP contribution in [0.1, 0.15) is 48.7 Å². The van der Waals surface area contributed by atoms with Crippen LogP contribution in [0.5, 0.6) is 11.5 Å². The number of ether oxygens (including phenoxy) is 2. The Morgan fingerprint density at radius 2 is 1.26 bits per heavy atom. The van der Waals surface area contributed by atoms with E-state index in [-0.39, 0.29) is 61.4 Å². The molecular formula is C31H38N6O6. The summed E-state index contributed by atoms with van der Waals surface area (Å²) in [6.45, 7) is 7.46. The molecule has 0 bridgehead atoms. The lowest BCUT2D eigenvalue weighted by atomic mass is 10.0. The first-order chi connectivity index (χ1) is 20.4. The zero-order valence-corrected chi connectivity index (χ0v) is 25.6. The van der Waals surface area contributed by atoms with Gasteiger partial charge in [0, 0.05) is 54.9 Å². The monoisotopic (exact) mass is 590 g/mol. The summed E-state index contributed by atoms with van der Waals surface area (Å²) in [7, 11) is 4.73. The number of nitrogens with one attached hydrogen (secondary N) is 1. The van der Waals surface area contributed by atoms with E-state index in [4.69, 9.17) is 9.47 Å². The summed E-state index contributed by atoms with van der Waals surface area (Å²) >= 11 is 0. The van der Waals surface area contributed by atoms with Gasteiger partial charge in [-0.25, -0.2) is 0 Å². The van der Waals surface area contributed by atoms with Gasteiger partial charge in [0.25, 0.3) is 0 Å². The first-order valence-corrected chi connectivity index (χ1v) is 14.1. The highest BCUT2D eigenvalue weighted by Gasteiger charge is 2.23. The third-order valence-electron chi connectivity index (χ3n) is 7.21. The quantitative estimate of drug-likeness (QED) is 0.234. The molecule has 4 rings (SSSR count). The van der Waals surface area contributed by atoms with Crippen molar-refractivity contribution in [1.29, 1.82) is 0 Å². The van der Waals surface area contributed by atoms with E-state index in [1.54, 1.807) is 85.4 Å². The fourth-order valence-electron chi connectivity index (χ4n) is 4.64. The van der Waals surface area contributed by atoms with Crippen LogP contribution in [0.15, 0.2) is 36.4 Å².